The van der Waals surface area contributed by atoms with Gasteiger partial charge in [0, 0.05) is 35.0 Å². The van der Waals surface area contributed by atoms with Crippen molar-refractivity contribution in [2.24, 2.45) is 0 Å². The normalized spacial score (nSPS) is 8.70. The van der Waals surface area contributed by atoms with Gasteiger partial charge < -0.3 is 4.90 Å². The second kappa shape index (κ2) is 19.6. The van der Waals surface area contributed by atoms with E-state index in [0.717, 1.165) is 4.31 Å². The Bertz CT molecular complexity index is 736. The molecule has 2 amide bonds. The Balaban J connectivity index is -0.000000379. The topological polar surface area (TPSA) is 74.8 Å². The summed E-state index contributed by atoms with van der Waals surface area (Å²) in [5, 5.41) is 0. The predicted octanol–water partition coefficient (Wildman–Crippen LogP) is 4.69. The van der Waals surface area contributed by atoms with E-state index in [1.165, 1.54) is 37.9 Å². The van der Waals surface area contributed by atoms with Gasteiger partial charge in [-0.2, -0.15) is 0 Å². The van der Waals surface area contributed by atoms with E-state index in [2.05, 4.69) is 0 Å². The standard InChI is InChI=1S/C9H11NO3S.C6H6.C4H9NO.2C2H6/c1-8(11)10(2)14(12,13)9-6-4-3-5-7-9;1-2-4-6-5-3-1;1-4(6)5(2)3;2*1-2/h3-7H,1-2H3;1-6H;1-3H3;2*1-2H3. The summed E-state index contributed by atoms with van der Waals surface area (Å²) in [6.45, 7) is 10.7. The molecule has 0 saturated carbocycles. The second-order valence-corrected chi connectivity index (χ2v) is 7.34. The molecule has 0 fully saturated rings. The molecule has 0 aliphatic heterocycles. The molecule has 0 bridgehead atoms. The summed E-state index contributed by atoms with van der Waals surface area (Å²) in [6.07, 6.45) is 0. The van der Waals surface area contributed by atoms with Crippen molar-refractivity contribution in [1.29, 1.82) is 0 Å². The average molecular weight is 439 g/mol. The molecule has 0 radical (unpaired) electrons. The fourth-order valence-electron chi connectivity index (χ4n) is 1.30. The van der Waals surface area contributed by atoms with Gasteiger partial charge in [-0.3, -0.25) is 9.59 Å². The summed E-state index contributed by atoms with van der Waals surface area (Å²) < 4.78 is 24.1. The van der Waals surface area contributed by atoms with E-state index < -0.39 is 15.9 Å². The van der Waals surface area contributed by atoms with Crippen molar-refractivity contribution in [2.45, 2.75) is 46.4 Å². The number of rotatable bonds is 2. The Labute approximate surface area is 183 Å². The van der Waals surface area contributed by atoms with Crippen LogP contribution >= 0.6 is 0 Å². The van der Waals surface area contributed by atoms with Crippen LogP contribution in [0.4, 0.5) is 0 Å². The fourth-order valence-corrected chi connectivity index (χ4v) is 2.46. The number of amides is 2. The highest BCUT2D eigenvalue weighted by atomic mass is 32.2. The second-order valence-electron chi connectivity index (χ2n) is 5.37. The molecule has 0 spiro atoms. The fraction of sp³-hybridized carbons (Fsp3) is 0.391. The van der Waals surface area contributed by atoms with Gasteiger partial charge >= 0.3 is 0 Å². The van der Waals surface area contributed by atoms with Crippen molar-refractivity contribution in [2.75, 3.05) is 21.1 Å². The van der Waals surface area contributed by atoms with Crippen LogP contribution in [0.15, 0.2) is 71.6 Å². The molecule has 0 atom stereocenters. The van der Waals surface area contributed by atoms with Crippen LogP contribution in [0.1, 0.15) is 41.5 Å². The van der Waals surface area contributed by atoms with Gasteiger partial charge in [-0.1, -0.05) is 82.3 Å². The van der Waals surface area contributed by atoms with Gasteiger partial charge in [0.25, 0.3) is 10.0 Å². The number of hydrogen-bond donors (Lipinski definition) is 0. The van der Waals surface area contributed by atoms with Crippen LogP contribution in [0.3, 0.4) is 0 Å². The first-order valence-electron chi connectivity index (χ1n) is 9.83. The first-order chi connectivity index (χ1) is 14.1. The Morgan fingerprint density at radius 2 is 0.900 bits per heavy atom. The van der Waals surface area contributed by atoms with Gasteiger partial charge in [0.2, 0.25) is 11.8 Å². The third-order valence-corrected chi connectivity index (χ3v) is 4.99. The van der Waals surface area contributed by atoms with E-state index in [9.17, 15) is 18.0 Å². The minimum atomic E-state index is -3.65. The first-order valence-corrected chi connectivity index (χ1v) is 11.3. The van der Waals surface area contributed by atoms with Gasteiger partial charge in [-0.25, -0.2) is 12.7 Å². The van der Waals surface area contributed by atoms with Crippen LogP contribution in [-0.2, 0) is 19.6 Å². The molecule has 0 aromatic heterocycles. The predicted molar refractivity (Wildman–Crippen MR) is 126 cm³/mol. The highest BCUT2D eigenvalue weighted by Gasteiger charge is 2.21. The van der Waals surface area contributed by atoms with Gasteiger partial charge in [0.1, 0.15) is 0 Å². The summed E-state index contributed by atoms with van der Waals surface area (Å²) in [5.41, 5.74) is 0. The van der Waals surface area contributed by atoms with Gasteiger partial charge in [0.05, 0.1) is 4.90 Å². The average Bonchev–Trinajstić information content (AvgIpc) is 2.78. The van der Waals surface area contributed by atoms with Crippen LogP contribution in [-0.4, -0.2) is 50.6 Å². The van der Waals surface area contributed by atoms with Crippen LogP contribution in [0.2, 0.25) is 0 Å². The molecule has 30 heavy (non-hydrogen) atoms. The lowest BCUT2D eigenvalue weighted by Gasteiger charge is -2.14. The Hall–Kier alpha value is -2.67. The molecule has 0 N–H and O–H groups in total. The zero-order chi connectivity index (χ0) is 24.2. The lowest BCUT2D eigenvalue weighted by Crippen LogP contribution is -2.31. The van der Waals surface area contributed by atoms with Crippen LogP contribution in [0, 0.1) is 0 Å². The van der Waals surface area contributed by atoms with Crippen molar-refractivity contribution in [1.82, 2.24) is 9.21 Å². The van der Waals surface area contributed by atoms with E-state index >= 15 is 0 Å². The number of carbonyl (C=O) groups excluding carboxylic acids is 2. The van der Waals surface area contributed by atoms with Crippen LogP contribution in [0.5, 0.6) is 0 Å². The number of benzene rings is 2. The number of carbonyl (C=O) groups is 2. The monoisotopic (exact) mass is 438 g/mol. The summed E-state index contributed by atoms with van der Waals surface area (Å²) >= 11 is 0. The Kier molecular flexibility index (Phi) is 21.0. The van der Waals surface area contributed by atoms with Crippen molar-refractivity contribution in [3.05, 3.63) is 66.7 Å². The zero-order valence-electron chi connectivity index (χ0n) is 19.8. The number of nitrogens with zero attached hydrogens (tertiary/aromatic N) is 2. The molecule has 0 heterocycles. The maximum absolute atomic E-state index is 11.7. The Morgan fingerprint density at radius 1 is 0.633 bits per heavy atom. The van der Waals surface area contributed by atoms with Gasteiger partial charge in [0.15, 0.2) is 0 Å². The largest absolute Gasteiger partial charge is 0.349 e. The van der Waals surface area contributed by atoms with E-state index in [0.29, 0.717) is 0 Å². The summed E-state index contributed by atoms with van der Waals surface area (Å²) in [4.78, 5) is 22.6. The maximum atomic E-state index is 11.7. The quantitative estimate of drug-likeness (QED) is 0.682. The van der Waals surface area contributed by atoms with E-state index in [1.54, 1.807) is 32.3 Å². The molecule has 170 valence electrons. The summed E-state index contributed by atoms with van der Waals surface area (Å²) in [6, 6.07) is 19.8. The number of sulfonamides is 1. The smallest absolute Gasteiger partial charge is 0.266 e. The van der Waals surface area contributed by atoms with Crippen molar-refractivity contribution < 1.29 is 18.0 Å². The summed E-state index contributed by atoms with van der Waals surface area (Å²) in [7, 11) is 1.04. The summed E-state index contributed by atoms with van der Waals surface area (Å²) in [5.74, 6) is -0.413. The lowest BCUT2D eigenvalue weighted by molar-refractivity contribution is -0.126. The molecule has 2 rings (SSSR count). The zero-order valence-corrected chi connectivity index (χ0v) is 20.6. The van der Waals surface area contributed by atoms with Gasteiger partial charge in [-0.15, -0.1) is 0 Å². The highest BCUT2D eigenvalue weighted by molar-refractivity contribution is 7.89. The molecular formula is C23H38N2O4S. The van der Waals surface area contributed by atoms with Crippen LogP contribution < -0.4 is 0 Å². The minimum absolute atomic E-state index is 0.0926. The minimum Gasteiger partial charge on any atom is -0.349 e. The van der Waals surface area contributed by atoms with E-state index in [-0.39, 0.29) is 10.8 Å². The molecule has 0 aliphatic carbocycles. The van der Waals surface area contributed by atoms with E-state index in [1.807, 2.05) is 64.1 Å². The lowest BCUT2D eigenvalue weighted by atomic mass is 10.4. The Morgan fingerprint density at radius 3 is 1.13 bits per heavy atom. The van der Waals surface area contributed by atoms with Crippen molar-refractivity contribution >= 4 is 21.8 Å². The maximum Gasteiger partial charge on any atom is 0.266 e. The molecule has 0 saturated heterocycles. The first kappa shape index (κ1) is 32.0. The molecule has 0 unspecified atom stereocenters. The van der Waals surface area contributed by atoms with Crippen molar-refractivity contribution in [3.63, 3.8) is 0 Å². The third-order valence-electron chi connectivity index (χ3n) is 3.14. The molecule has 2 aromatic carbocycles. The molecule has 0 aliphatic rings. The SMILES string of the molecule is CC.CC.CC(=O)N(C)C.CC(=O)N(C)S(=O)(=O)c1ccccc1.c1ccccc1. The molecule has 6 nitrogen and oxygen atoms in total. The van der Waals surface area contributed by atoms with Crippen LogP contribution in [0.25, 0.3) is 0 Å². The van der Waals surface area contributed by atoms with E-state index in [4.69, 9.17) is 0 Å². The molecular weight excluding hydrogens is 400 g/mol. The molecule has 7 heteroatoms. The molecule has 2 aromatic rings. The number of hydrogen-bond acceptors (Lipinski definition) is 4. The third kappa shape index (κ3) is 15.3. The highest BCUT2D eigenvalue weighted by Crippen LogP contribution is 2.12. The van der Waals surface area contributed by atoms with Crippen molar-refractivity contribution in [3.8, 4) is 0 Å². The van der Waals surface area contributed by atoms with Gasteiger partial charge in [-0.05, 0) is 12.1 Å².